The van der Waals surface area contributed by atoms with Crippen LogP contribution in [0.4, 0.5) is 0 Å². The summed E-state index contributed by atoms with van der Waals surface area (Å²) in [6.07, 6.45) is 7.92. The minimum absolute atomic E-state index is 0.478. The van der Waals surface area contributed by atoms with Crippen LogP contribution in [0.5, 0.6) is 0 Å². The number of nitrogens with one attached hydrogen (secondary N) is 1. The van der Waals surface area contributed by atoms with E-state index in [1.807, 2.05) is 0 Å². The van der Waals surface area contributed by atoms with Crippen molar-refractivity contribution in [2.24, 2.45) is 5.92 Å². The maximum atomic E-state index is 3.81. The van der Waals surface area contributed by atoms with E-state index in [2.05, 4.69) is 50.4 Å². The highest BCUT2D eigenvalue weighted by atomic mass is 15.0. The monoisotopic (exact) mass is 259 g/mol. The average molecular weight is 259 g/mol. The molecule has 1 aromatic carbocycles. The van der Waals surface area contributed by atoms with E-state index in [0.29, 0.717) is 6.04 Å². The summed E-state index contributed by atoms with van der Waals surface area (Å²) in [6.45, 7) is 6.93. The maximum Gasteiger partial charge on any atom is 0.0294 e. The molecule has 1 saturated carbocycles. The van der Waals surface area contributed by atoms with Crippen molar-refractivity contribution in [3.8, 4) is 0 Å². The minimum Gasteiger partial charge on any atom is -0.307 e. The molecule has 0 bridgehead atoms. The third kappa shape index (κ3) is 4.07. The summed E-state index contributed by atoms with van der Waals surface area (Å²) in [6, 6.07) is 10.4. The first kappa shape index (κ1) is 14.6. The molecule has 0 aliphatic heterocycles. The summed E-state index contributed by atoms with van der Waals surface area (Å²) in [7, 11) is 0. The summed E-state index contributed by atoms with van der Waals surface area (Å²) in [5, 5.41) is 3.81. The number of benzene rings is 1. The number of unbranched alkanes of at least 4 members (excludes halogenated alkanes) is 1. The Morgan fingerprint density at radius 2 is 1.95 bits per heavy atom. The van der Waals surface area contributed by atoms with E-state index in [1.165, 1.54) is 49.7 Å². The van der Waals surface area contributed by atoms with Crippen LogP contribution in [0.3, 0.4) is 0 Å². The summed E-state index contributed by atoms with van der Waals surface area (Å²) in [5.74, 6) is 0.839. The molecule has 2 rings (SSSR count). The zero-order chi connectivity index (χ0) is 13.7. The molecule has 1 aliphatic rings. The Morgan fingerprint density at radius 1 is 1.21 bits per heavy atom. The third-order valence-electron chi connectivity index (χ3n) is 4.62. The van der Waals surface area contributed by atoms with Crippen molar-refractivity contribution in [3.05, 3.63) is 35.4 Å². The number of hydrogen-bond acceptors (Lipinski definition) is 1. The minimum atomic E-state index is 0.478. The highest BCUT2D eigenvalue weighted by Gasteiger charge is 2.24. The van der Waals surface area contributed by atoms with Crippen LogP contribution in [0.2, 0.25) is 0 Å². The first-order chi connectivity index (χ1) is 9.20. The van der Waals surface area contributed by atoms with E-state index >= 15 is 0 Å². The van der Waals surface area contributed by atoms with Gasteiger partial charge in [0, 0.05) is 12.1 Å². The van der Waals surface area contributed by atoms with Crippen LogP contribution < -0.4 is 5.32 Å². The molecule has 0 spiro atoms. The van der Waals surface area contributed by atoms with Gasteiger partial charge in [0.2, 0.25) is 0 Å². The second-order valence-electron chi connectivity index (χ2n) is 6.25. The summed E-state index contributed by atoms with van der Waals surface area (Å²) < 4.78 is 0. The Bertz CT molecular complexity index is 368. The molecule has 106 valence electrons. The number of rotatable bonds is 6. The zero-order valence-corrected chi connectivity index (χ0v) is 12.8. The van der Waals surface area contributed by atoms with Gasteiger partial charge in [-0.1, -0.05) is 51.0 Å². The Balaban J connectivity index is 1.89. The molecule has 0 aromatic heterocycles. The number of hydrogen-bond donors (Lipinski definition) is 1. The largest absolute Gasteiger partial charge is 0.307 e. The average Bonchev–Trinajstić information content (AvgIpc) is 2.82. The Labute approximate surface area is 118 Å². The van der Waals surface area contributed by atoms with Crippen molar-refractivity contribution < 1.29 is 0 Å². The molecule has 3 unspecified atom stereocenters. The van der Waals surface area contributed by atoms with E-state index in [-0.39, 0.29) is 0 Å². The van der Waals surface area contributed by atoms with Gasteiger partial charge in [-0.25, -0.2) is 0 Å². The van der Waals surface area contributed by atoms with Crippen LogP contribution >= 0.6 is 0 Å². The molecule has 0 radical (unpaired) electrons. The van der Waals surface area contributed by atoms with Crippen molar-refractivity contribution in [1.29, 1.82) is 0 Å². The predicted octanol–water partition coefficient (Wildman–Crippen LogP) is 4.87. The van der Waals surface area contributed by atoms with Crippen molar-refractivity contribution in [3.63, 3.8) is 0 Å². The fourth-order valence-electron chi connectivity index (χ4n) is 3.16. The lowest BCUT2D eigenvalue weighted by Crippen LogP contribution is -2.33. The molecule has 1 fully saturated rings. The van der Waals surface area contributed by atoms with Crippen LogP contribution in [0.15, 0.2) is 24.3 Å². The van der Waals surface area contributed by atoms with E-state index < -0.39 is 0 Å². The molecular formula is C18H29N. The van der Waals surface area contributed by atoms with Crippen molar-refractivity contribution >= 4 is 0 Å². The Hall–Kier alpha value is -0.820. The van der Waals surface area contributed by atoms with E-state index in [4.69, 9.17) is 0 Å². The van der Waals surface area contributed by atoms with Crippen molar-refractivity contribution in [2.75, 3.05) is 0 Å². The highest BCUT2D eigenvalue weighted by Crippen LogP contribution is 2.27. The van der Waals surface area contributed by atoms with Crippen molar-refractivity contribution in [1.82, 2.24) is 5.32 Å². The standard InChI is InChI=1S/C18H29N/c1-4-5-8-16-10-12-17(13-11-16)15(3)19-18-9-6-7-14(18)2/h10-15,18-19H,4-9H2,1-3H3. The Kier molecular flexibility index (Phi) is 5.45. The normalized spacial score (nSPS) is 24.6. The van der Waals surface area contributed by atoms with Gasteiger partial charge in [-0.3, -0.25) is 0 Å². The number of aryl methyl sites for hydroxylation is 1. The molecule has 1 aromatic rings. The lowest BCUT2D eigenvalue weighted by Gasteiger charge is -2.23. The molecule has 1 aliphatic carbocycles. The van der Waals surface area contributed by atoms with Crippen LogP contribution in [0, 0.1) is 5.92 Å². The van der Waals surface area contributed by atoms with E-state index in [1.54, 1.807) is 0 Å². The van der Waals surface area contributed by atoms with Gasteiger partial charge in [0.05, 0.1) is 0 Å². The van der Waals surface area contributed by atoms with E-state index in [0.717, 1.165) is 12.0 Å². The first-order valence-electron chi connectivity index (χ1n) is 8.05. The molecule has 1 nitrogen and oxygen atoms in total. The maximum absolute atomic E-state index is 3.81. The molecular weight excluding hydrogens is 230 g/mol. The van der Waals surface area contributed by atoms with Gasteiger partial charge in [0.15, 0.2) is 0 Å². The van der Waals surface area contributed by atoms with Crippen LogP contribution in [0.1, 0.15) is 70.0 Å². The molecule has 1 heteroatoms. The van der Waals surface area contributed by atoms with Crippen LogP contribution in [0.25, 0.3) is 0 Å². The topological polar surface area (TPSA) is 12.0 Å². The predicted molar refractivity (Wildman–Crippen MR) is 83.4 cm³/mol. The van der Waals surface area contributed by atoms with Crippen molar-refractivity contribution in [2.45, 2.75) is 71.4 Å². The zero-order valence-electron chi connectivity index (χ0n) is 12.8. The van der Waals surface area contributed by atoms with Gasteiger partial charge in [0.25, 0.3) is 0 Å². The van der Waals surface area contributed by atoms with E-state index in [9.17, 15) is 0 Å². The van der Waals surface area contributed by atoms with Gasteiger partial charge in [0.1, 0.15) is 0 Å². The molecule has 1 N–H and O–H groups in total. The molecule has 19 heavy (non-hydrogen) atoms. The SMILES string of the molecule is CCCCc1ccc(C(C)NC2CCCC2C)cc1. The molecule has 0 heterocycles. The van der Waals surface area contributed by atoms with Gasteiger partial charge in [-0.15, -0.1) is 0 Å². The van der Waals surface area contributed by atoms with Crippen LogP contribution in [-0.2, 0) is 6.42 Å². The van der Waals surface area contributed by atoms with Gasteiger partial charge >= 0.3 is 0 Å². The third-order valence-corrected chi connectivity index (χ3v) is 4.62. The second kappa shape index (κ2) is 7.09. The summed E-state index contributed by atoms with van der Waals surface area (Å²) in [5.41, 5.74) is 2.91. The molecule has 0 amide bonds. The molecule has 3 atom stereocenters. The fraction of sp³-hybridized carbons (Fsp3) is 0.667. The Morgan fingerprint density at radius 3 is 2.53 bits per heavy atom. The second-order valence-corrected chi connectivity index (χ2v) is 6.25. The lowest BCUT2D eigenvalue weighted by molar-refractivity contribution is 0.388. The fourth-order valence-corrected chi connectivity index (χ4v) is 3.16. The van der Waals surface area contributed by atoms with Crippen LogP contribution in [-0.4, -0.2) is 6.04 Å². The first-order valence-corrected chi connectivity index (χ1v) is 8.05. The summed E-state index contributed by atoms with van der Waals surface area (Å²) >= 11 is 0. The van der Waals surface area contributed by atoms with Gasteiger partial charge in [-0.05, 0) is 49.7 Å². The summed E-state index contributed by atoms with van der Waals surface area (Å²) in [4.78, 5) is 0. The lowest BCUT2D eigenvalue weighted by atomic mass is 10.0. The molecule has 0 saturated heterocycles. The van der Waals surface area contributed by atoms with Gasteiger partial charge in [-0.2, -0.15) is 0 Å². The highest BCUT2D eigenvalue weighted by molar-refractivity contribution is 5.25. The smallest absolute Gasteiger partial charge is 0.0294 e. The quantitative estimate of drug-likeness (QED) is 0.768. The van der Waals surface area contributed by atoms with Gasteiger partial charge < -0.3 is 5.32 Å².